The number of carbonyl (C=O) groups is 2. The summed E-state index contributed by atoms with van der Waals surface area (Å²) in [6, 6.07) is 12.6. The van der Waals surface area contributed by atoms with Gasteiger partial charge in [-0.15, -0.1) is 0 Å². The number of hydrogen-bond donors (Lipinski definition) is 1. The highest BCUT2D eigenvalue weighted by Gasteiger charge is 2.23. The lowest BCUT2D eigenvalue weighted by atomic mass is 10.2. The van der Waals surface area contributed by atoms with Crippen LogP contribution in [0.4, 0.5) is 14.9 Å². The van der Waals surface area contributed by atoms with Crippen molar-refractivity contribution in [1.82, 2.24) is 9.80 Å². The standard InChI is InChI=1S/C20H22FN3O3/c1-27-18-9-3-2-8-17(18)22-20(26)24-11-5-10-23(12-13-24)19(25)15-6-4-7-16(21)14-15/h2-4,6-9,14H,5,10-13H2,1H3,(H,22,26). The number of halogens is 1. The molecule has 2 aromatic carbocycles. The first kappa shape index (κ1) is 18.7. The Morgan fingerprint density at radius 3 is 2.52 bits per heavy atom. The van der Waals surface area contributed by atoms with E-state index >= 15 is 0 Å². The van der Waals surface area contributed by atoms with Gasteiger partial charge in [-0.3, -0.25) is 4.79 Å². The molecule has 3 amide bonds. The zero-order valence-corrected chi connectivity index (χ0v) is 15.2. The molecule has 27 heavy (non-hydrogen) atoms. The number of rotatable bonds is 3. The minimum atomic E-state index is -0.437. The average Bonchev–Trinajstić information content (AvgIpc) is 2.94. The molecule has 1 saturated heterocycles. The molecule has 1 aliphatic heterocycles. The summed E-state index contributed by atoms with van der Waals surface area (Å²) in [5.41, 5.74) is 0.920. The highest BCUT2D eigenvalue weighted by molar-refractivity contribution is 5.94. The lowest BCUT2D eigenvalue weighted by molar-refractivity contribution is 0.0762. The lowest BCUT2D eigenvalue weighted by Gasteiger charge is -2.23. The van der Waals surface area contributed by atoms with Crippen molar-refractivity contribution in [2.24, 2.45) is 0 Å². The van der Waals surface area contributed by atoms with Crippen LogP contribution in [0.2, 0.25) is 0 Å². The minimum absolute atomic E-state index is 0.221. The number of benzene rings is 2. The van der Waals surface area contributed by atoms with Gasteiger partial charge in [0, 0.05) is 31.7 Å². The largest absolute Gasteiger partial charge is 0.495 e. The first-order chi connectivity index (χ1) is 13.1. The van der Waals surface area contributed by atoms with Crippen molar-refractivity contribution in [2.75, 3.05) is 38.6 Å². The van der Waals surface area contributed by atoms with Gasteiger partial charge in [-0.1, -0.05) is 18.2 Å². The molecule has 6 nitrogen and oxygen atoms in total. The summed E-state index contributed by atoms with van der Waals surface area (Å²) in [4.78, 5) is 28.5. The highest BCUT2D eigenvalue weighted by Crippen LogP contribution is 2.23. The van der Waals surface area contributed by atoms with E-state index in [1.807, 2.05) is 12.1 Å². The van der Waals surface area contributed by atoms with E-state index in [1.54, 1.807) is 35.1 Å². The maximum Gasteiger partial charge on any atom is 0.322 e. The fraction of sp³-hybridized carbons (Fsp3) is 0.300. The van der Waals surface area contributed by atoms with E-state index in [4.69, 9.17) is 4.74 Å². The lowest BCUT2D eigenvalue weighted by Crippen LogP contribution is -2.39. The van der Waals surface area contributed by atoms with E-state index in [0.29, 0.717) is 49.6 Å². The van der Waals surface area contributed by atoms with E-state index in [1.165, 1.54) is 18.2 Å². The van der Waals surface area contributed by atoms with Crippen molar-refractivity contribution in [3.63, 3.8) is 0 Å². The maximum absolute atomic E-state index is 13.4. The third kappa shape index (κ3) is 4.55. The molecule has 1 N–H and O–H groups in total. The molecule has 2 aromatic rings. The normalized spacial score (nSPS) is 14.4. The Labute approximate surface area is 157 Å². The van der Waals surface area contributed by atoms with Gasteiger partial charge in [0.15, 0.2) is 0 Å². The molecule has 0 unspecified atom stereocenters. The van der Waals surface area contributed by atoms with E-state index < -0.39 is 5.82 Å². The van der Waals surface area contributed by atoms with Crippen molar-refractivity contribution in [2.45, 2.75) is 6.42 Å². The van der Waals surface area contributed by atoms with E-state index in [9.17, 15) is 14.0 Å². The molecule has 1 fully saturated rings. The van der Waals surface area contributed by atoms with Crippen LogP contribution in [0, 0.1) is 5.82 Å². The molecule has 0 aliphatic carbocycles. The highest BCUT2D eigenvalue weighted by atomic mass is 19.1. The van der Waals surface area contributed by atoms with Crippen molar-refractivity contribution in [1.29, 1.82) is 0 Å². The topological polar surface area (TPSA) is 61.9 Å². The molecule has 3 rings (SSSR count). The first-order valence-corrected chi connectivity index (χ1v) is 8.82. The number of hydrogen-bond acceptors (Lipinski definition) is 3. The number of ether oxygens (including phenoxy) is 1. The van der Waals surface area contributed by atoms with Crippen molar-refractivity contribution in [3.05, 3.63) is 59.9 Å². The van der Waals surface area contributed by atoms with Crippen LogP contribution in [-0.2, 0) is 0 Å². The Hall–Kier alpha value is -3.09. The second-order valence-corrected chi connectivity index (χ2v) is 6.27. The van der Waals surface area contributed by atoms with Gasteiger partial charge >= 0.3 is 6.03 Å². The molecule has 1 aliphatic rings. The van der Waals surface area contributed by atoms with Gasteiger partial charge in [0.25, 0.3) is 5.91 Å². The summed E-state index contributed by atoms with van der Waals surface area (Å²) >= 11 is 0. The molecule has 0 saturated carbocycles. The summed E-state index contributed by atoms with van der Waals surface area (Å²) in [5.74, 6) is -0.0708. The summed E-state index contributed by atoms with van der Waals surface area (Å²) < 4.78 is 18.6. The predicted molar refractivity (Wildman–Crippen MR) is 101 cm³/mol. The van der Waals surface area contributed by atoms with Crippen LogP contribution in [-0.4, -0.2) is 55.0 Å². The van der Waals surface area contributed by atoms with Gasteiger partial charge in [-0.05, 0) is 36.8 Å². The van der Waals surface area contributed by atoms with E-state index in [2.05, 4.69) is 5.32 Å². The quantitative estimate of drug-likeness (QED) is 0.901. The maximum atomic E-state index is 13.4. The Morgan fingerprint density at radius 1 is 1.00 bits per heavy atom. The Bertz CT molecular complexity index is 828. The summed E-state index contributed by atoms with van der Waals surface area (Å²) in [7, 11) is 1.55. The van der Waals surface area contributed by atoms with Crippen LogP contribution >= 0.6 is 0 Å². The number of carbonyl (C=O) groups excluding carboxylic acids is 2. The fourth-order valence-corrected chi connectivity index (χ4v) is 3.07. The van der Waals surface area contributed by atoms with Gasteiger partial charge in [0.1, 0.15) is 11.6 Å². The van der Waals surface area contributed by atoms with Crippen LogP contribution < -0.4 is 10.1 Å². The summed E-state index contributed by atoms with van der Waals surface area (Å²) in [5, 5.41) is 2.85. The molecule has 0 spiro atoms. The van der Waals surface area contributed by atoms with Crippen molar-refractivity contribution >= 4 is 17.6 Å². The number of para-hydroxylation sites is 2. The number of anilines is 1. The van der Waals surface area contributed by atoms with Gasteiger partial charge in [-0.25, -0.2) is 9.18 Å². The van der Waals surface area contributed by atoms with Crippen LogP contribution in [0.25, 0.3) is 0 Å². The smallest absolute Gasteiger partial charge is 0.322 e. The zero-order chi connectivity index (χ0) is 19.2. The number of urea groups is 1. The second kappa shape index (κ2) is 8.53. The molecule has 0 bridgehead atoms. The Balaban J connectivity index is 1.62. The Kier molecular flexibility index (Phi) is 5.90. The van der Waals surface area contributed by atoms with Gasteiger partial charge in [0.2, 0.25) is 0 Å². The number of methoxy groups -OCH3 is 1. The zero-order valence-electron chi connectivity index (χ0n) is 15.2. The average molecular weight is 371 g/mol. The van der Waals surface area contributed by atoms with E-state index in [0.717, 1.165) is 0 Å². The molecule has 7 heteroatoms. The molecule has 0 radical (unpaired) electrons. The van der Waals surface area contributed by atoms with Crippen LogP contribution in [0.1, 0.15) is 16.8 Å². The molecule has 142 valence electrons. The van der Waals surface area contributed by atoms with E-state index in [-0.39, 0.29) is 11.9 Å². The number of nitrogens with zero attached hydrogens (tertiary/aromatic N) is 2. The van der Waals surface area contributed by atoms with Crippen molar-refractivity contribution in [3.8, 4) is 5.75 Å². The van der Waals surface area contributed by atoms with Crippen LogP contribution in [0.15, 0.2) is 48.5 Å². The fourth-order valence-electron chi connectivity index (χ4n) is 3.07. The monoisotopic (exact) mass is 371 g/mol. The van der Waals surface area contributed by atoms with Gasteiger partial charge < -0.3 is 19.9 Å². The number of amides is 3. The van der Waals surface area contributed by atoms with Gasteiger partial charge in [0.05, 0.1) is 12.8 Å². The predicted octanol–water partition coefficient (Wildman–Crippen LogP) is 3.21. The Morgan fingerprint density at radius 2 is 1.74 bits per heavy atom. The van der Waals surface area contributed by atoms with Crippen LogP contribution in [0.3, 0.4) is 0 Å². The number of nitrogens with one attached hydrogen (secondary N) is 1. The third-order valence-corrected chi connectivity index (χ3v) is 4.49. The second-order valence-electron chi connectivity index (χ2n) is 6.27. The molecule has 0 atom stereocenters. The van der Waals surface area contributed by atoms with Gasteiger partial charge in [-0.2, -0.15) is 0 Å². The molecular weight excluding hydrogens is 349 g/mol. The molecular formula is C20H22FN3O3. The summed E-state index contributed by atoms with van der Waals surface area (Å²) in [6.07, 6.45) is 0.653. The van der Waals surface area contributed by atoms with Crippen molar-refractivity contribution < 1.29 is 18.7 Å². The minimum Gasteiger partial charge on any atom is -0.495 e. The molecule has 0 aromatic heterocycles. The SMILES string of the molecule is COc1ccccc1NC(=O)N1CCCN(C(=O)c2cccc(F)c2)CC1. The summed E-state index contributed by atoms with van der Waals surface area (Å²) in [6.45, 7) is 1.86. The molecule has 1 heterocycles. The first-order valence-electron chi connectivity index (χ1n) is 8.82. The third-order valence-electron chi connectivity index (χ3n) is 4.49. The van der Waals surface area contributed by atoms with Crippen LogP contribution in [0.5, 0.6) is 5.75 Å².